The van der Waals surface area contributed by atoms with Crippen LogP contribution >= 0.6 is 0 Å². The lowest BCUT2D eigenvalue weighted by atomic mass is 10.4. The SMILES string of the molecule is COCCn1cc(NCc2cn(CCCO)nn2)cn1. The van der Waals surface area contributed by atoms with Gasteiger partial charge in [-0.1, -0.05) is 5.21 Å². The molecule has 0 unspecified atom stereocenters. The number of aliphatic hydroxyl groups excluding tert-OH is 1. The van der Waals surface area contributed by atoms with Crippen molar-refractivity contribution in [2.75, 3.05) is 25.6 Å². The Labute approximate surface area is 117 Å². The molecule has 8 nitrogen and oxygen atoms in total. The number of hydrogen-bond acceptors (Lipinski definition) is 6. The summed E-state index contributed by atoms with van der Waals surface area (Å²) >= 11 is 0. The van der Waals surface area contributed by atoms with Gasteiger partial charge in [0.05, 0.1) is 37.8 Å². The van der Waals surface area contributed by atoms with Crippen molar-refractivity contribution < 1.29 is 9.84 Å². The molecule has 0 aromatic carbocycles. The van der Waals surface area contributed by atoms with Gasteiger partial charge in [-0.2, -0.15) is 5.10 Å². The molecule has 0 fully saturated rings. The summed E-state index contributed by atoms with van der Waals surface area (Å²) in [4.78, 5) is 0. The van der Waals surface area contributed by atoms with Gasteiger partial charge >= 0.3 is 0 Å². The first-order chi connectivity index (χ1) is 9.81. The van der Waals surface area contributed by atoms with Gasteiger partial charge in [-0.3, -0.25) is 9.36 Å². The Hall–Kier alpha value is -1.93. The van der Waals surface area contributed by atoms with E-state index in [0.29, 0.717) is 26.1 Å². The van der Waals surface area contributed by atoms with Gasteiger partial charge in [0.2, 0.25) is 0 Å². The lowest BCUT2D eigenvalue weighted by Crippen LogP contribution is -2.04. The first kappa shape index (κ1) is 14.5. The van der Waals surface area contributed by atoms with Crippen LogP contribution in [0.3, 0.4) is 0 Å². The highest BCUT2D eigenvalue weighted by Crippen LogP contribution is 2.06. The standard InChI is InChI=1S/C12H20N6O2/c1-20-6-4-17-9-11(8-14-17)13-7-12-10-18(16-15-12)3-2-5-19/h8-10,13,19H,2-7H2,1H3. The van der Waals surface area contributed by atoms with Crippen molar-refractivity contribution in [3.05, 3.63) is 24.3 Å². The van der Waals surface area contributed by atoms with Gasteiger partial charge in [0, 0.05) is 26.5 Å². The van der Waals surface area contributed by atoms with Crippen LogP contribution in [0.25, 0.3) is 0 Å². The van der Waals surface area contributed by atoms with Crippen molar-refractivity contribution in [1.29, 1.82) is 0 Å². The van der Waals surface area contributed by atoms with E-state index in [2.05, 4.69) is 20.7 Å². The van der Waals surface area contributed by atoms with E-state index in [1.54, 1.807) is 18.0 Å². The zero-order valence-corrected chi connectivity index (χ0v) is 11.6. The van der Waals surface area contributed by atoms with Crippen LogP contribution in [-0.2, 0) is 24.4 Å². The lowest BCUT2D eigenvalue weighted by Gasteiger charge is -2.00. The van der Waals surface area contributed by atoms with Crippen LogP contribution in [0.15, 0.2) is 18.6 Å². The third kappa shape index (κ3) is 4.32. The summed E-state index contributed by atoms with van der Waals surface area (Å²) in [6.07, 6.45) is 6.25. The minimum atomic E-state index is 0.161. The minimum absolute atomic E-state index is 0.161. The molecule has 0 aliphatic rings. The molecule has 2 rings (SSSR count). The number of rotatable bonds is 9. The van der Waals surface area contributed by atoms with E-state index in [1.807, 2.05) is 17.1 Å². The highest BCUT2D eigenvalue weighted by molar-refractivity contribution is 5.38. The molecule has 0 radical (unpaired) electrons. The third-order valence-corrected chi connectivity index (χ3v) is 2.76. The van der Waals surface area contributed by atoms with Gasteiger partial charge in [0.1, 0.15) is 5.69 Å². The molecule has 2 aromatic heterocycles. The molecule has 0 aliphatic carbocycles. The molecule has 2 heterocycles. The maximum absolute atomic E-state index is 8.76. The highest BCUT2D eigenvalue weighted by atomic mass is 16.5. The summed E-state index contributed by atoms with van der Waals surface area (Å²) in [6.45, 7) is 2.80. The van der Waals surface area contributed by atoms with Crippen LogP contribution < -0.4 is 5.32 Å². The van der Waals surface area contributed by atoms with E-state index in [4.69, 9.17) is 9.84 Å². The molecule has 2 N–H and O–H groups in total. The number of ether oxygens (including phenoxy) is 1. The van der Waals surface area contributed by atoms with Gasteiger partial charge in [0.25, 0.3) is 0 Å². The molecule has 0 aliphatic heterocycles. The maximum atomic E-state index is 8.76. The Balaban J connectivity index is 1.79. The summed E-state index contributed by atoms with van der Waals surface area (Å²) in [6, 6.07) is 0. The maximum Gasteiger partial charge on any atom is 0.102 e. The Kier molecular flexibility index (Phi) is 5.51. The molecule has 0 saturated carbocycles. The predicted molar refractivity (Wildman–Crippen MR) is 73.2 cm³/mol. The van der Waals surface area contributed by atoms with E-state index in [1.165, 1.54) is 0 Å². The quantitative estimate of drug-likeness (QED) is 0.678. The van der Waals surface area contributed by atoms with Crippen molar-refractivity contribution in [2.24, 2.45) is 0 Å². The molecule has 2 aromatic rings. The number of aromatic nitrogens is 5. The molecule has 0 saturated heterocycles. The number of hydrogen-bond donors (Lipinski definition) is 2. The summed E-state index contributed by atoms with van der Waals surface area (Å²) in [5.41, 5.74) is 1.79. The molecule has 8 heteroatoms. The Morgan fingerprint density at radius 3 is 3.00 bits per heavy atom. The summed E-state index contributed by atoms with van der Waals surface area (Å²) in [7, 11) is 1.67. The summed E-state index contributed by atoms with van der Waals surface area (Å²) < 4.78 is 8.55. The van der Waals surface area contributed by atoms with Crippen LogP contribution in [0.5, 0.6) is 0 Å². The van der Waals surface area contributed by atoms with Gasteiger partial charge in [0.15, 0.2) is 0 Å². The van der Waals surface area contributed by atoms with Crippen LogP contribution in [0.2, 0.25) is 0 Å². The van der Waals surface area contributed by atoms with Crippen molar-refractivity contribution in [3.8, 4) is 0 Å². The number of anilines is 1. The molecular formula is C12H20N6O2. The fourth-order valence-electron chi connectivity index (χ4n) is 1.72. The van der Waals surface area contributed by atoms with Gasteiger partial charge in [-0.15, -0.1) is 5.10 Å². The van der Waals surface area contributed by atoms with Crippen molar-refractivity contribution >= 4 is 5.69 Å². The average molecular weight is 280 g/mol. The number of aliphatic hydroxyl groups is 1. The predicted octanol–water partition coefficient (Wildman–Crippen LogP) is 0.115. The van der Waals surface area contributed by atoms with E-state index in [-0.39, 0.29) is 6.61 Å². The topological polar surface area (TPSA) is 90.0 Å². The van der Waals surface area contributed by atoms with Gasteiger partial charge in [-0.25, -0.2) is 0 Å². The molecule has 0 amide bonds. The fraction of sp³-hybridized carbons (Fsp3) is 0.583. The lowest BCUT2D eigenvalue weighted by molar-refractivity contribution is 0.183. The summed E-state index contributed by atoms with van der Waals surface area (Å²) in [5, 5.41) is 24.3. The number of aryl methyl sites for hydroxylation is 1. The van der Waals surface area contributed by atoms with E-state index < -0.39 is 0 Å². The average Bonchev–Trinajstić information content (AvgIpc) is 3.10. The number of nitrogens with one attached hydrogen (secondary N) is 1. The Morgan fingerprint density at radius 2 is 2.20 bits per heavy atom. The van der Waals surface area contributed by atoms with E-state index in [9.17, 15) is 0 Å². The van der Waals surface area contributed by atoms with Crippen molar-refractivity contribution in [2.45, 2.75) is 26.1 Å². The van der Waals surface area contributed by atoms with Gasteiger partial charge in [-0.05, 0) is 6.42 Å². The van der Waals surface area contributed by atoms with Crippen molar-refractivity contribution in [1.82, 2.24) is 24.8 Å². The number of nitrogens with zero attached hydrogens (tertiary/aromatic N) is 5. The first-order valence-corrected chi connectivity index (χ1v) is 6.57. The van der Waals surface area contributed by atoms with Gasteiger partial charge < -0.3 is 15.2 Å². The molecule has 0 spiro atoms. The Bertz CT molecular complexity index is 463. The Morgan fingerprint density at radius 1 is 1.30 bits per heavy atom. The molecular weight excluding hydrogens is 260 g/mol. The zero-order valence-electron chi connectivity index (χ0n) is 11.6. The largest absolute Gasteiger partial charge is 0.396 e. The minimum Gasteiger partial charge on any atom is -0.396 e. The molecule has 0 atom stereocenters. The van der Waals surface area contributed by atoms with Crippen LogP contribution in [-0.4, -0.2) is 50.2 Å². The number of methoxy groups -OCH3 is 1. The molecule has 20 heavy (non-hydrogen) atoms. The van der Waals surface area contributed by atoms with Crippen LogP contribution in [0.1, 0.15) is 12.1 Å². The van der Waals surface area contributed by atoms with E-state index >= 15 is 0 Å². The monoisotopic (exact) mass is 280 g/mol. The zero-order chi connectivity index (χ0) is 14.2. The third-order valence-electron chi connectivity index (χ3n) is 2.76. The fourth-order valence-corrected chi connectivity index (χ4v) is 1.72. The summed E-state index contributed by atoms with van der Waals surface area (Å²) in [5.74, 6) is 0. The second-order valence-electron chi connectivity index (χ2n) is 4.39. The smallest absolute Gasteiger partial charge is 0.102 e. The molecule has 0 bridgehead atoms. The second-order valence-corrected chi connectivity index (χ2v) is 4.39. The molecule has 110 valence electrons. The van der Waals surface area contributed by atoms with E-state index in [0.717, 1.165) is 17.9 Å². The van der Waals surface area contributed by atoms with Crippen LogP contribution in [0, 0.1) is 0 Å². The van der Waals surface area contributed by atoms with Crippen LogP contribution in [0.4, 0.5) is 5.69 Å². The second kappa shape index (κ2) is 7.61. The first-order valence-electron chi connectivity index (χ1n) is 6.57. The highest BCUT2D eigenvalue weighted by Gasteiger charge is 2.02. The normalized spacial score (nSPS) is 10.9. The van der Waals surface area contributed by atoms with Crippen molar-refractivity contribution in [3.63, 3.8) is 0 Å².